The maximum Gasteiger partial charge on any atom is 0.232 e. The van der Waals surface area contributed by atoms with E-state index < -0.39 is 9.05 Å². The number of benzene rings is 2. The maximum absolute atomic E-state index is 10.7. The van der Waals surface area contributed by atoms with Gasteiger partial charge in [-0.05, 0) is 48.2 Å². The number of carbonyl (C=O) groups is 1. The van der Waals surface area contributed by atoms with Crippen LogP contribution in [-0.2, 0) is 26.7 Å². The molecule has 0 atom stereocenters. The molecule has 0 aliphatic heterocycles. The number of hydrogen-bond acceptors (Lipinski definition) is 4. The van der Waals surface area contributed by atoms with Gasteiger partial charge in [0.2, 0.25) is 9.05 Å². The molecule has 0 bridgehead atoms. The molecule has 142 valence electrons. The van der Waals surface area contributed by atoms with E-state index in [0.717, 1.165) is 26.7 Å². The molecule has 0 amide bonds. The zero-order chi connectivity index (χ0) is 19.6. The Hall–Kier alpha value is -0.340. The quantitative estimate of drug-likeness (QED) is 0.431. The van der Waals surface area contributed by atoms with Crippen molar-refractivity contribution in [1.82, 2.24) is 0 Å². The lowest BCUT2D eigenvalue weighted by atomic mass is 10.2. The van der Waals surface area contributed by atoms with Crippen LogP contribution < -0.4 is 0 Å². The van der Waals surface area contributed by atoms with Crippen molar-refractivity contribution in [3.63, 3.8) is 0 Å². The van der Waals surface area contributed by atoms with Crippen LogP contribution in [0, 0.1) is 0 Å². The molecular weight excluding hydrogens is 524 g/mol. The van der Waals surface area contributed by atoms with Crippen molar-refractivity contribution in [2.45, 2.75) is 19.8 Å². The summed E-state index contributed by atoms with van der Waals surface area (Å²) in [6.07, 6.45) is 1.40. The van der Waals surface area contributed by atoms with Gasteiger partial charge in [-0.25, -0.2) is 8.42 Å². The van der Waals surface area contributed by atoms with Crippen LogP contribution >= 0.6 is 54.3 Å². The van der Waals surface area contributed by atoms with Gasteiger partial charge in [0.15, 0.2) is 5.12 Å². The third kappa shape index (κ3) is 12.1. The van der Waals surface area contributed by atoms with Crippen LogP contribution in [-0.4, -0.2) is 25.0 Å². The van der Waals surface area contributed by atoms with Crippen molar-refractivity contribution in [2.75, 3.05) is 11.5 Å². The molecule has 0 N–H and O–H groups in total. The van der Waals surface area contributed by atoms with Crippen molar-refractivity contribution in [3.05, 3.63) is 68.6 Å². The van der Waals surface area contributed by atoms with E-state index in [1.807, 2.05) is 36.4 Å². The minimum absolute atomic E-state index is 0.0228. The first-order chi connectivity index (χ1) is 12.2. The molecule has 0 saturated carbocycles. The van der Waals surface area contributed by atoms with Gasteiger partial charge in [0.25, 0.3) is 0 Å². The van der Waals surface area contributed by atoms with E-state index in [1.54, 1.807) is 6.92 Å². The molecule has 26 heavy (non-hydrogen) atoms. The maximum atomic E-state index is 10.7. The van der Waals surface area contributed by atoms with Gasteiger partial charge in [-0.1, -0.05) is 67.9 Å². The minimum Gasteiger partial charge on any atom is -0.288 e. The van der Waals surface area contributed by atoms with Crippen LogP contribution in [0.25, 0.3) is 0 Å². The van der Waals surface area contributed by atoms with Crippen LogP contribution in [0.3, 0.4) is 0 Å². The van der Waals surface area contributed by atoms with E-state index in [4.69, 9.17) is 10.7 Å². The summed E-state index contributed by atoms with van der Waals surface area (Å²) in [5.41, 5.74) is 2.22. The lowest BCUT2D eigenvalue weighted by Crippen LogP contribution is -2.00. The highest BCUT2D eigenvalue weighted by molar-refractivity contribution is 9.10. The molecule has 0 aliphatic rings. The van der Waals surface area contributed by atoms with Gasteiger partial charge in [0.1, 0.15) is 0 Å². The SMILES string of the molecule is CC(=O)SCCc1cccc(Br)c1.O=S(=O)(Cl)CCc1cccc(Br)c1. The zero-order valence-corrected chi connectivity index (χ0v) is 19.7. The molecule has 8 heteroatoms. The Balaban J connectivity index is 0.000000260. The Morgan fingerprint density at radius 1 is 1.00 bits per heavy atom. The van der Waals surface area contributed by atoms with Crippen LogP contribution in [0.1, 0.15) is 18.1 Å². The molecule has 0 saturated heterocycles. The highest BCUT2D eigenvalue weighted by atomic mass is 79.9. The van der Waals surface area contributed by atoms with Gasteiger partial charge in [0.05, 0.1) is 5.75 Å². The second-order valence-electron chi connectivity index (χ2n) is 5.34. The lowest BCUT2D eigenvalue weighted by molar-refractivity contribution is -0.109. The molecule has 2 rings (SSSR count). The average molecular weight is 543 g/mol. The third-order valence-corrected chi connectivity index (χ3v) is 6.06. The third-order valence-electron chi connectivity index (χ3n) is 3.11. The van der Waals surface area contributed by atoms with Gasteiger partial charge in [-0.3, -0.25) is 4.79 Å². The Morgan fingerprint density at radius 3 is 1.92 bits per heavy atom. The monoisotopic (exact) mass is 540 g/mol. The highest BCUT2D eigenvalue weighted by Crippen LogP contribution is 2.14. The average Bonchev–Trinajstić information content (AvgIpc) is 2.53. The molecule has 0 heterocycles. The van der Waals surface area contributed by atoms with Gasteiger partial charge in [-0.2, -0.15) is 0 Å². The molecule has 2 aromatic carbocycles. The van der Waals surface area contributed by atoms with Crippen LogP contribution in [0.5, 0.6) is 0 Å². The summed E-state index contributed by atoms with van der Waals surface area (Å²) in [5, 5.41) is 0.190. The van der Waals surface area contributed by atoms with E-state index in [1.165, 1.54) is 17.3 Å². The second-order valence-corrected chi connectivity index (χ2v) is 11.3. The highest BCUT2D eigenvalue weighted by Gasteiger charge is 2.05. The van der Waals surface area contributed by atoms with Crippen LogP contribution in [0.2, 0.25) is 0 Å². The minimum atomic E-state index is -3.38. The summed E-state index contributed by atoms with van der Waals surface area (Å²) in [6.45, 7) is 1.60. The summed E-state index contributed by atoms with van der Waals surface area (Å²) < 4.78 is 23.3. The Labute approximate surface area is 180 Å². The molecule has 0 aliphatic carbocycles. The standard InChI is InChI=1S/C10H11BrOS.C8H8BrClO2S/c1-8(12)13-6-5-9-3-2-4-10(11)7-9;9-8-3-1-2-7(6-8)4-5-13(10,11)12/h2-4,7H,5-6H2,1H3;1-3,6H,4-5H2. The van der Waals surface area contributed by atoms with Gasteiger partial charge < -0.3 is 0 Å². The van der Waals surface area contributed by atoms with Crippen molar-refractivity contribution in [1.29, 1.82) is 0 Å². The van der Waals surface area contributed by atoms with E-state index in [9.17, 15) is 13.2 Å². The first kappa shape index (κ1) is 23.7. The first-order valence-corrected chi connectivity index (χ1v) is 12.8. The van der Waals surface area contributed by atoms with Crippen molar-refractivity contribution < 1.29 is 13.2 Å². The smallest absolute Gasteiger partial charge is 0.232 e. The van der Waals surface area contributed by atoms with E-state index in [2.05, 4.69) is 44.0 Å². The first-order valence-electron chi connectivity index (χ1n) is 7.70. The number of halogens is 3. The van der Waals surface area contributed by atoms with E-state index >= 15 is 0 Å². The summed E-state index contributed by atoms with van der Waals surface area (Å²) in [4.78, 5) is 10.7. The van der Waals surface area contributed by atoms with Crippen LogP contribution in [0.15, 0.2) is 57.5 Å². The summed E-state index contributed by atoms with van der Waals surface area (Å²) in [5.74, 6) is 0.844. The van der Waals surface area contributed by atoms with Crippen LogP contribution in [0.4, 0.5) is 0 Å². The van der Waals surface area contributed by atoms with E-state index in [-0.39, 0.29) is 10.9 Å². The Morgan fingerprint density at radius 2 is 1.50 bits per heavy atom. The zero-order valence-electron chi connectivity index (χ0n) is 14.1. The predicted octanol–water partition coefficient (Wildman–Crippen LogP) is 5.83. The second kappa shape index (κ2) is 12.2. The van der Waals surface area contributed by atoms with Crippen molar-refractivity contribution >= 4 is 68.5 Å². The summed E-state index contributed by atoms with van der Waals surface area (Å²) in [7, 11) is 1.71. The predicted molar refractivity (Wildman–Crippen MR) is 118 cm³/mol. The fourth-order valence-electron chi connectivity index (χ4n) is 1.94. The molecule has 0 unspecified atom stereocenters. The van der Waals surface area contributed by atoms with Gasteiger partial charge in [0, 0.05) is 32.3 Å². The normalized spacial score (nSPS) is 10.8. The fourth-order valence-corrected chi connectivity index (χ4v) is 4.17. The number of aryl methyl sites for hydroxylation is 2. The molecule has 2 aromatic rings. The molecule has 0 radical (unpaired) electrons. The molecule has 0 aromatic heterocycles. The summed E-state index contributed by atoms with van der Waals surface area (Å²) >= 11 is 8.09. The molecule has 0 spiro atoms. The topological polar surface area (TPSA) is 51.2 Å². The number of hydrogen-bond donors (Lipinski definition) is 0. The van der Waals surface area contributed by atoms with E-state index in [0.29, 0.717) is 6.42 Å². The van der Waals surface area contributed by atoms with Gasteiger partial charge >= 0.3 is 0 Å². The van der Waals surface area contributed by atoms with Crippen molar-refractivity contribution in [3.8, 4) is 0 Å². The molecule has 0 fully saturated rings. The fraction of sp³-hybridized carbons (Fsp3) is 0.278. The number of rotatable bonds is 6. The Bertz CT molecular complexity index is 827. The number of carbonyl (C=O) groups excluding carboxylic acids is 1. The molecule has 3 nitrogen and oxygen atoms in total. The lowest BCUT2D eigenvalue weighted by Gasteiger charge is -1.99. The summed E-state index contributed by atoms with van der Waals surface area (Å²) in [6, 6.07) is 15.7. The number of thioether (sulfide) groups is 1. The van der Waals surface area contributed by atoms with Crippen molar-refractivity contribution in [2.24, 2.45) is 0 Å². The molecular formula is C18H19Br2ClO3S2. The Kier molecular flexibility index (Phi) is 11.1. The van der Waals surface area contributed by atoms with Gasteiger partial charge in [-0.15, -0.1) is 0 Å². The largest absolute Gasteiger partial charge is 0.288 e.